The van der Waals surface area contributed by atoms with E-state index in [1.165, 1.54) is 7.11 Å². The molecule has 0 N–H and O–H groups in total. The number of halogens is 1. The van der Waals surface area contributed by atoms with Crippen LogP contribution in [0.4, 0.5) is 0 Å². The Morgan fingerprint density at radius 1 is 1.26 bits per heavy atom. The van der Waals surface area contributed by atoms with Crippen LogP contribution in [0.1, 0.15) is 30.3 Å². The number of hydrogen-bond acceptors (Lipinski definition) is 5. The molecule has 0 bridgehead atoms. The average molecular weight is 331 g/mol. The molecule has 1 aliphatic carbocycles. The van der Waals surface area contributed by atoms with Gasteiger partial charge in [-0.2, -0.15) is 0 Å². The van der Waals surface area contributed by atoms with Crippen LogP contribution in [0.25, 0.3) is 11.1 Å². The van der Waals surface area contributed by atoms with Gasteiger partial charge in [-0.05, 0) is 18.9 Å². The molecule has 118 valence electrons. The van der Waals surface area contributed by atoms with Gasteiger partial charge in [-0.25, -0.2) is 14.8 Å². The molecule has 0 spiro atoms. The number of ether oxygens (including phenoxy) is 1. The van der Waals surface area contributed by atoms with E-state index in [-0.39, 0.29) is 6.42 Å². The third-order valence-corrected chi connectivity index (χ3v) is 4.06. The van der Waals surface area contributed by atoms with Crippen LogP contribution < -0.4 is 0 Å². The number of esters is 1. The Morgan fingerprint density at radius 3 is 2.65 bits per heavy atom. The largest absolute Gasteiger partial charge is 0.463 e. The van der Waals surface area contributed by atoms with Crippen LogP contribution in [0, 0.1) is 0 Å². The zero-order valence-electron chi connectivity index (χ0n) is 12.6. The summed E-state index contributed by atoms with van der Waals surface area (Å²) in [6.45, 7) is 0. The van der Waals surface area contributed by atoms with Crippen molar-refractivity contribution < 1.29 is 14.3 Å². The lowest BCUT2D eigenvalue weighted by Crippen LogP contribution is -2.19. The molecule has 0 radical (unpaired) electrons. The number of ketones is 1. The molecule has 1 aromatic heterocycles. The molecule has 2 aromatic rings. The van der Waals surface area contributed by atoms with Crippen molar-refractivity contribution in [2.24, 2.45) is 0 Å². The Bertz CT molecular complexity index is 772. The van der Waals surface area contributed by atoms with Gasteiger partial charge >= 0.3 is 5.97 Å². The fourth-order valence-corrected chi connectivity index (χ4v) is 2.59. The van der Waals surface area contributed by atoms with Crippen LogP contribution in [0.5, 0.6) is 0 Å². The fraction of sp³-hybridized carbons (Fsp3) is 0.294. The van der Waals surface area contributed by atoms with Crippen molar-refractivity contribution in [2.45, 2.75) is 25.2 Å². The van der Waals surface area contributed by atoms with Crippen LogP contribution in [-0.2, 0) is 20.7 Å². The van der Waals surface area contributed by atoms with Gasteiger partial charge in [0, 0.05) is 28.3 Å². The molecule has 3 rings (SSSR count). The first kappa shape index (κ1) is 15.6. The quantitative estimate of drug-likeness (QED) is 0.622. The van der Waals surface area contributed by atoms with Crippen molar-refractivity contribution >= 4 is 23.4 Å². The summed E-state index contributed by atoms with van der Waals surface area (Å²) < 4.78 is 4.49. The van der Waals surface area contributed by atoms with E-state index in [4.69, 9.17) is 11.6 Å². The van der Waals surface area contributed by atoms with Crippen molar-refractivity contribution in [2.75, 3.05) is 7.11 Å². The zero-order valence-corrected chi connectivity index (χ0v) is 13.3. The predicted molar refractivity (Wildman–Crippen MR) is 85.2 cm³/mol. The maximum atomic E-state index is 11.9. The summed E-state index contributed by atoms with van der Waals surface area (Å²) in [6.07, 6.45) is 3.66. The SMILES string of the molecule is COC(=O)C(=O)Cc1nc(C2CC2)ncc1-c1ccccc1Cl. The number of benzene rings is 1. The topological polar surface area (TPSA) is 69.2 Å². The molecule has 1 fully saturated rings. The first-order valence-corrected chi connectivity index (χ1v) is 7.69. The predicted octanol–water partition coefficient (Wildman–Crippen LogP) is 2.96. The lowest BCUT2D eigenvalue weighted by atomic mass is 10.0. The minimum Gasteiger partial charge on any atom is -0.463 e. The molecule has 5 nitrogen and oxygen atoms in total. The highest BCUT2D eigenvalue weighted by molar-refractivity contribution is 6.34. The van der Waals surface area contributed by atoms with E-state index >= 15 is 0 Å². The number of nitrogens with zero attached hydrogens (tertiary/aromatic N) is 2. The number of carbonyl (C=O) groups excluding carboxylic acids is 2. The van der Waals surface area contributed by atoms with E-state index < -0.39 is 11.8 Å². The third-order valence-electron chi connectivity index (χ3n) is 3.73. The highest BCUT2D eigenvalue weighted by Crippen LogP contribution is 2.39. The number of methoxy groups -OCH3 is 1. The molecule has 1 saturated carbocycles. The molecule has 0 atom stereocenters. The van der Waals surface area contributed by atoms with Gasteiger partial charge in [0.1, 0.15) is 5.82 Å². The molecule has 0 aliphatic heterocycles. The molecule has 0 saturated heterocycles. The highest BCUT2D eigenvalue weighted by atomic mass is 35.5. The Morgan fingerprint density at radius 2 is 2.00 bits per heavy atom. The molecule has 6 heteroatoms. The van der Waals surface area contributed by atoms with Gasteiger partial charge in [0.05, 0.1) is 19.2 Å². The number of Topliss-reactive ketones (excluding diaryl/α,β-unsaturated/α-hetero) is 1. The number of aromatic nitrogens is 2. The van der Waals surface area contributed by atoms with Crippen LogP contribution in [-0.4, -0.2) is 28.8 Å². The summed E-state index contributed by atoms with van der Waals surface area (Å²) in [6, 6.07) is 7.27. The summed E-state index contributed by atoms with van der Waals surface area (Å²) in [5.74, 6) is -0.446. The van der Waals surface area contributed by atoms with Gasteiger partial charge in [-0.15, -0.1) is 0 Å². The van der Waals surface area contributed by atoms with Crippen LogP contribution in [0.2, 0.25) is 5.02 Å². The van der Waals surface area contributed by atoms with E-state index in [1.807, 2.05) is 18.2 Å². The standard InChI is InChI=1S/C17H15ClN2O3/c1-23-17(22)15(21)8-14-12(11-4-2-3-5-13(11)18)9-19-16(20-14)10-6-7-10/h2-5,9-10H,6-8H2,1H3. The van der Waals surface area contributed by atoms with E-state index in [0.717, 1.165) is 18.4 Å². The number of carbonyl (C=O) groups is 2. The third kappa shape index (κ3) is 3.40. The monoisotopic (exact) mass is 330 g/mol. The van der Waals surface area contributed by atoms with Gasteiger partial charge in [0.25, 0.3) is 0 Å². The maximum absolute atomic E-state index is 11.9. The second-order valence-electron chi connectivity index (χ2n) is 5.43. The second kappa shape index (κ2) is 6.46. The van der Waals surface area contributed by atoms with E-state index in [0.29, 0.717) is 28.0 Å². The van der Waals surface area contributed by atoms with Gasteiger partial charge in [-0.3, -0.25) is 4.79 Å². The summed E-state index contributed by atoms with van der Waals surface area (Å²) >= 11 is 6.24. The summed E-state index contributed by atoms with van der Waals surface area (Å²) in [5, 5.41) is 0.544. The van der Waals surface area contributed by atoms with Crippen LogP contribution in [0.3, 0.4) is 0 Å². The molecule has 0 amide bonds. The minimum absolute atomic E-state index is 0.129. The normalized spacial score (nSPS) is 13.7. The summed E-state index contributed by atoms with van der Waals surface area (Å²) in [5.41, 5.74) is 1.91. The molecule has 1 aromatic carbocycles. The first-order valence-electron chi connectivity index (χ1n) is 7.32. The lowest BCUT2D eigenvalue weighted by Gasteiger charge is -2.11. The molecule has 23 heavy (non-hydrogen) atoms. The Hall–Kier alpha value is -2.27. The smallest absolute Gasteiger partial charge is 0.374 e. The van der Waals surface area contributed by atoms with Gasteiger partial charge in [-0.1, -0.05) is 29.8 Å². The molecular weight excluding hydrogens is 316 g/mol. The summed E-state index contributed by atoms with van der Waals surface area (Å²) in [4.78, 5) is 32.3. The van der Waals surface area contributed by atoms with Crippen molar-refractivity contribution in [3.05, 3.63) is 47.0 Å². The highest BCUT2D eigenvalue weighted by Gasteiger charge is 2.28. The number of hydrogen-bond donors (Lipinski definition) is 0. The Kier molecular flexibility index (Phi) is 4.39. The second-order valence-corrected chi connectivity index (χ2v) is 5.84. The number of rotatable bonds is 5. The molecule has 1 heterocycles. The Balaban J connectivity index is 2.02. The Labute approximate surface area is 138 Å². The first-order chi connectivity index (χ1) is 11.1. The van der Waals surface area contributed by atoms with Gasteiger partial charge < -0.3 is 4.74 Å². The van der Waals surface area contributed by atoms with Crippen LogP contribution >= 0.6 is 11.6 Å². The van der Waals surface area contributed by atoms with Crippen molar-refractivity contribution in [3.63, 3.8) is 0 Å². The molecular formula is C17H15ClN2O3. The van der Waals surface area contributed by atoms with E-state index in [1.54, 1.807) is 12.3 Å². The zero-order chi connectivity index (χ0) is 16.4. The maximum Gasteiger partial charge on any atom is 0.374 e. The fourth-order valence-electron chi connectivity index (χ4n) is 2.35. The minimum atomic E-state index is -0.873. The van der Waals surface area contributed by atoms with E-state index in [2.05, 4.69) is 14.7 Å². The summed E-state index contributed by atoms with van der Waals surface area (Å²) in [7, 11) is 1.19. The van der Waals surface area contributed by atoms with Gasteiger partial charge in [0.15, 0.2) is 0 Å². The van der Waals surface area contributed by atoms with Crippen molar-refractivity contribution in [3.8, 4) is 11.1 Å². The van der Waals surface area contributed by atoms with E-state index in [9.17, 15) is 9.59 Å². The van der Waals surface area contributed by atoms with Crippen molar-refractivity contribution in [1.82, 2.24) is 9.97 Å². The van der Waals surface area contributed by atoms with Gasteiger partial charge in [0.2, 0.25) is 5.78 Å². The van der Waals surface area contributed by atoms with Crippen molar-refractivity contribution in [1.29, 1.82) is 0 Å². The molecule has 1 aliphatic rings. The molecule has 0 unspecified atom stereocenters. The van der Waals surface area contributed by atoms with Crippen LogP contribution in [0.15, 0.2) is 30.5 Å². The average Bonchev–Trinajstić information content (AvgIpc) is 3.39. The lowest BCUT2D eigenvalue weighted by molar-refractivity contribution is -0.151.